The number of nitrogens with zero attached hydrogens (tertiary/aromatic N) is 1. The summed E-state index contributed by atoms with van der Waals surface area (Å²) in [7, 11) is -2.17. The molecule has 0 radical (unpaired) electrons. The van der Waals surface area contributed by atoms with Crippen molar-refractivity contribution in [3.8, 4) is 0 Å². The maximum Gasteiger partial charge on any atom is 0.631 e. The number of piperidine rings is 1. The molecule has 0 aliphatic carbocycles. The van der Waals surface area contributed by atoms with Crippen LogP contribution in [0, 0.1) is 0 Å². The quantitative estimate of drug-likeness (QED) is 0.442. The summed E-state index contributed by atoms with van der Waals surface area (Å²) in [6, 6.07) is -3.24. The fraction of sp³-hybridized carbons (Fsp3) is 1.00. The Morgan fingerprint density at radius 3 is 2.06 bits per heavy atom. The zero-order chi connectivity index (χ0) is 13.0. The first-order valence-electron chi connectivity index (χ1n) is 5.01. The third-order valence-corrected chi connectivity index (χ3v) is 3.67. The van der Waals surface area contributed by atoms with Crippen LogP contribution >= 0.6 is 0 Å². The van der Waals surface area contributed by atoms with Crippen molar-refractivity contribution in [2.45, 2.75) is 31.5 Å². The molecule has 0 aromatic rings. The Morgan fingerprint density at radius 2 is 1.75 bits per heavy atom. The molecule has 0 aromatic heterocycles. The summed E-state index contributed by atoms with van der Waals surface area (Å²) >= 11 is 0.323. The van der Waals surface area contributed by atoms with Crippen molar-refractivity contribution in [3.63, 3.8) is 0 Å². The zero-order valence-electron chi connectivity index (χ0n) is 9.33. The third-order valence-electron chi connectivity index (χ3n) is 2.48. The smallest absolute Gasteiger partial charge is 0.402 e. The summed E-state index contributed by atoms with van der Waals surface area (Å²) in [6.45, 7) is 1.34. The second-order valence-corrected chi connectivity index (χ2v) is 4.76. The SMILES string of the molecule is C[C@]1(F)CCCN([CH2][K])C1(F)F.OB(O)O. The van der Waals surface area contributed by atoms with Gasteiger partial charge in [0.1, 0.15) is 0 Å². The number of hydrogen-bond donors (Lipinski definition) is 3. The second-order valence-electron chi connectivity index (χ2n) is 3.77. The Bertz CT molecular complexity index is 218. The fourth-order valence-corrected chi connectivity index (χ4v) is 2.69. The Labute approximate surface area is 127 Å². The zero-order valence-corrected chi connectivity index (χ0v) is 12.5. The van der Waals surface area contributed by atoms with Crippen molar-refractivity contribution in [2.24, 2.45) is 0 Å². The topological polar surface area (TPSA) is 63.9 Å². The van der Waals surface area contributed by atoms with Gasteiger partial charge in [0, 0.05) is 0 Å². The molecule has 1 aliphatic heterocycles. The van der Waals surface area contributed by atoms with Crippen LogP contribution in [-0.2, 0) is 0 Å². The van der Waals surface area contributed by atoms with E-state index in [-0.39, 0.29) is 6.42 Å². The summed E-state index contributed by atoms with van der Waals surface area (Å²) in [6.07, 6.45) is 0.516. The van der Waals surface area contributed by atoms with Gasteiger partial charge in [-0.2, -0.15) is 0 Å². The van der Waals surface area contributed by atoms with Crippen LogP contribution in [-0.4, -0.2) is 95.1 Å². The first kappa shape index (κ1) is 17.3. The average molecular weight is 267 g/mol. The molecule has 0 aromatic carbocycles. The summed E-state index contributed by atoms with van der Waals surface area (Å²) in [5.41, 5.74) is -2.33. The minimum absolute atomic E-state index is 0.0243. The number of hydrogen-bond acceptors (Lipinski definition) is 4. The first-order valence-corrected chi connectivity index (χ1v) is 7.22. The van der Waals surface area contributed by atoms with Crippen LogP contribution in [0.3, 0.4) is 0 Å². The summed E-state index contributed by atoms with van der Waals surface area (Å²) in [4.78, 5) is 0.983. The van der Waals surface area contributed by atoms with Crippen molar-refractivity contribution in [2.75, 3.05) is 7.18 Å². The van der Waals surface area contributed by atoms with E-state index in [0.29, 0.717) is 62.6 Å². The van der Waals surface area contributed by atoms with E-state index in [1.165, 1.54) is 0 Å². The van der Waals surface area contributed by atoms with Crippen LogP contribution in [0.1, 0.15) is 19.8 Å². The van der Waals surface area contributed by atoms with Crippen molar-refractivity contribution < 1.29 is 28.2 Å². The Kier molecular flexibility index (Phi) is 7.64. The van der Waals surface area contributed by atoms with Crippen LogP contribution in [0.5, 0.6) is 0 Å². The Balaban J connectivity index is 0.000000487. The molecule has 16 heavy (non-hydrogen) atoms. The number of likely N-dealkylation sites (tertiary alicyclic amines) is 1. The van der Waals surface area contributed by atoms with Crippen LogP contribution in [0.4, 0.5) is 13.2 Å². The maximum atomic E-state index is 13.3. The van der Waals surface area contributed by atoms with E-state index in [9.17, 15) is 13.2 Å². The fourth-order valence-electron chi connectivity index (χ4n) is 1.58. The van der Waals surface area contributed by atoms with Gasteiger partial charge in [0.05, 0.1) is 0 Å². The van der Waals surface area contributed by atoms with E-state index in [0.717, 1.165) is 11.8 Å². The van der Waals surface area contributed by atoms with Gasteiger partial charge in [-0.1, -0.05) is 0 Å². The van der Waals surface area contributed by atoms with Gasteiger partial charge in [0.15, 0.2) is 0 Å². The molecular weight excluding hydrogens is 253 g/mol. The van der Waals surface area contributed by atoms with Crippen LogP contribution in [0.15, 0.2) is 0 Å². The first-order chi connectivity index (χ1) is 7.15. The molecule has 3 N–H and O–H groups in total. The van der Waals surface area contributed by atoms with Gasteiger partial charge in [0.2, 0.25) is 0 Å². The van der Waals surface area contributed by atoms with Crippen LogP contribution < -0.4 is 0 Å². The molecular formula is C7H14BF3KNO3. The van der Waals surface area contributed by atoms with Gasteiger partial charge < -0.3 is 15.1 Å². The molecule has 0 unspecified atom stereocenters. The van der Waals surface area contributed by atoms with Gasteiger partial charge in [-0.25, -0.2) is 0 Å². The van der Waals surface area contributed by atoms with E-state index >= 15 is 0 Å². The number of alkyl halides is 3. The minimum atomic E-state index is -3.24. The van der Waals surface area contributed by atoms with E-state index in [1.807, 2.05) is 0 Å². The largest absolute Gasteiger partial charge is 0.631 e. The predicted molar refractivity (Wildman–Crippen MR) is 53.4 cm³/mol. The van der Waals surface area contributed by atoms with Gasteiger partial charge in [-0.15, -0.1) is 0 Å². The molecule has 0 amide bonds. The summed E-state index contributed by atoms with van der Waals surface area (Å²) < 4.78 is 40.2. The molecule has 9 heteroatoms. The van der Waals surface area contributed by atoms with Crippen molar-refractivity contribution in [1.82, 2.24) is 4.90 Å². The Hall–Kier alpha value is 1.33. The Morgan fingerprint density at radius 1 is 1.31 bits per heavy atom. The molecule has 1 aliphatic rings. The van der Waals surface area contributed by atoms with Gasteiger partial charge in [-0.05, 0) is 0 Å². The molecule has 1 rings (SSSR count). The standard InChI is InChI=1S/C7H11F3N.BH3O3.K/c1-6(8)4-3-5-11(2)7(6,9)10;2-1(3)4;/h2-5H2,1H3;2-4H;/t6-;;/m0../s1. The molecule has 1 saturated heterocycles. The van der Waals surface area contributed by atoms with Crippen LogP contribution in [0.25, 0.3) is 0 Å². The van der Waals surface area contributed by atoms with E-state index < -0.39 is 19.0 Å². The van der Waals surface area contributed by atoms with Crippen molar-refractivity contribution >= 4 is 56.3 Å². The van der Waals surface area contributed by atoms with Gasteiger partial charge >= 0.3 is 113 Å². The van der Waals surface area contributed by atoms with Crippen LogP contribution in [0.2, 0.25) is 0 Å². The number of rotatable bonds is 1. The molecule has 1 fully saturated rings. The molecule has 4 nitrogen and oxygen atoms in total. The summed E-state index contributed by atoms with van der Waals surface area (Å²) in [5.74, 6) is 0. The van der Waals surface area contributed by atoms with Crippen molar-refractivity contribution in [1.29, 1.82) is 0 Å². The molecule has 0 spiro atoms. The van der Waals surface area contributed by atoms with E-state index in [2.05, 4.69) is 0 Å². The van der Waals surface area contributed by atoms with E-state index in [1.54, 1.807) is 0 Å². The molecule has 1 heterocycles. The van der Waals surface area contributed by atoms with Gasteiger partial charge in [-0.3, -0.25) is 0 Å². The monoisotopic (exact) mass is 267 g/mol. The maximum absolute atomic E-state index is 13.3. The second kappa shape index (κ2) is 7.05. The van der Waals surface area contributed by atoms with Crippen molar-refractivity contribution in [3.05, 3.63) is 0 Å². The molecule has 0 saturated carbocycles. The predicted octanol–water partition coefficient (Wildman–Crippen LogP) is -0.523. The van der Waals surface area contributed by atoms with Gasteiger partial charge in [0.25, 0.3) is 0 Å². The molecule has 90 valence electrons. The molecule has 1 atom stereocenters. The average Bonchev–Trinajstić information content (AvgIpc) is 2.08. The minimum Gasteiger partial charge on any atom is -0.402 e. The number of halogens is 3. The normalized spacial score (nSPS) is 29.3. The van der Waals surface area contributed by atoms with E-state index in [4.69, 9.17) is 15.1 Å². The third kappa shape index (κ3) is 4.91. The summed E-state index contributed by atoms with van der Waals surface area (Å²) in [5, 5.41) is 21.5. The molecule has 0 bridgehead atoms.